The Morgan fingerprint density at radius 2 is 2.04 bits per heavy atom. The summed E-state index contributed by atoms with van der Waals surface area (Å²) in [6.07, 6.45) is 5.80. The fraction of sp³-hybridized carbons (Fsp3) is 0.250. The summed E-state index contributed by atoms with van der Waals surface area (Å²) in [7, 11) is 0. The number of aryl methyl sites for hydroxylation is 2. The minimum Gasteiger partial charge on any atom is -0.493 e. The van der Waals surface area contributed by atoms with E-state index in [0.29, 0.717) is 30.7 Å². The lowest BCUT2D eigenvalue weighted by Gasteiger charge is -2.07. The van der Waals surface area contributed by atoms with Crippen LogP contribution < -0.4 is 11.5 Å². The van der Waals surface area contributed by atoms with E-state index in [1.807, 2.05) is 37.5 Å². The number of aliphatic imine (C=N–C) groups is 1. The standard InChI is InChI=1S/C20H23N7O/c1-2-14-19(28)27-11-17(13-10-24-15-7-4-3-6-12(13)15)25-16(18(27)26-14)8-5-9-23-20(21)22/h3-4,6-7,10-11,24,28H,2,5,8-9H2,1H3,(H4,21,22,23). The van der Waals surface area contributed by atoms with Crippen molar-refractivity contribution in [1.29, 1.82) is 0 Å². The molecule has 0 spiro atoms. The first-order valence-electron chi connectivity index (χ1n) is 9.30. The Labute approximate surface area is 161 Å². The molecule has 1 aromatic carbocycles. The minimum atomic E-state index is 0.0809. The van der Waals surface area contributed by atoms with Gasteiger partial charge in [0, 0.05) is 35.4 Å². The van der Waals surface area contributed by atoms with Gasteiger partial charge >= 0.3 is 0 Å². The van der Waals surface area contributed by atoms with Gasteiger partial charge in [-0.3, -0.25) is 9.39 Å². The monoisotopic (exact) mass is 377 g/mol. The summed E-state index contributed by atoms with van der Waals surface area (Å²) in [4.78, 5) is 16.8. The molecule has 0 saturated carbocycles. The number of para-hydroxylation sites is 1. The lowest BCUT2D eigenvalue weighted by Crippen LogP contribution is -2.23. The maximum atomic E-state index is 10.6. The number of fused-ring (bicyclic) bond motifs is 2. The fourth-order valence-electron chi connectivity index (χ4n) is 3.42. The molecule has 144 valence electrons. The number of H-pyrrole nitrogens is 1. The van der Waals surface area contributed by atoms with E-state index in [9.17, 15) is 5.11 Å². The molecule has 4 rings (SSSR count). The van der Waals surface area contributed by atoms with Gasteiger partial charge in [0.1, 0.15) is 5.69 Å². The smallest absolute Gasteiger partial charge is 0.219 e. The van der Waals surface area contributed by atoms with Crippen LogP contribution in [0.25, 0.3) is 27.8 Å². The van der Waals surface area contributed by atoms with Crippen LogP contribution in [0.3, 0.4) is 0 Å². The molecule has 0 bridgehead atoms. The van der Waals surface area contributed by atoms with E-state index >= 15 is 0 Å². The SMILES string of the molecule is CCc1nc2c(CCCN=C(N)N)nc(-c3c[nH]c4ccccc34)cn2c1O. The number of nitrogens with two attached hydrogens (primary N) is 2. The topological polar surface area (TPSA) is 131 Å². The first-order chi connectivity index (χ1) is 13.6. The second-order valence-electron chi connectivity index (χ2n) is 6.66. The average Bonchev–Trinajstić information content (AvgIpc) is 3.26. The van der Waals surface area contributed by atoms with Gasteiger partial charge in [-0.05, 0) is 25.3 Å². The van der Waals surface area contributed by atoms with Crippen LogP contribution in [0.1, 0.15) is 24.7 Å². The number of guanidine groups is 1. The van der Waals surface area contributed by atoms with Gasteiger partial charge in [-0.25, -0.2) is 9.97 Å². The van der Waals surface area contributed by atoms with Crippen LogP contribution in [0.5, 0.6) is 5.88 Å². The Kier molecular flexibility index (Phi) is 4.60. The molecule has 0 aliphatic carbocycles. The second-order valence-corrected chi connectivity index (χ2v) is 6.66. The molecule has 3 heterocycles. The Hall–Kier alpha value is -3.55. The first kappa shape index (κ1) is 17.8. The minimum absolute atomic E-state index is 0.0809. The molecule has 0 amide bonds. The summed E-state index contributed by atoms with van der Waals surface area (Å²) in [5.41, 5.74) is 15.7. The van der Waals surface area contributed by atoms with Gasteiger partial charge in [0.25, 0.3) is 0 Å². The number of aromatic amines is 1. The molecule has 4 aromatic rings. The van der Waals surface area contributed by atoms with Crippen molar-refractivity contribution in [3.8, 4) is 17.1 Å². The van der Waals surface area contributed by atoms with Crippen molar-refractivity contribution in [1.82, 2.24) is 19.4 Å². The Morgan fingerprint density at radius 1 is 1.21 bits per heavy atom. The van der Waals surface area contributed by atoms with Gasteiger partial charge in [-0.15, -0.1) is 0 Å². The molecule has 8 heteroatoms. The van der Waals surface area contributed by atoms with E-state index in [1.165, 1.54) is 0 Å². The van der Waals surface area contributed by atoms with E-state index in [0.717, 1.165) is 34.3 Å². The molecular weight excluding hydrogens is 354 g/mol. The maximum absolute atomic E-state index is 10.6. The zero-order valence-electron chi connectivity index (χ0n) is 15.7. The lowest BCUT2D eigenvalue weighted by molar-refractivity contribution is 0.441. The quantitative estimate of drug-likeness (QED) is 0.233. The van der Waals surface area contributed by atoms with Gasteiger partial charge in [-0.2, -0.15) is 0 Å². The van der Waals surface area contributed by atoms with Crippen molar-refractivity contribution in [2.24, 2.45) is 16.5 Å². The summed E-state index contributed by atoms with van der Waals surface area (Å²) in [5, 5.41) is 11.7. The van der Waals surface area contributed by atoms with E-state index in [-0.39, 0.29) is 11.8 Å². The predicted molar refractivity (Wildman–Crippen MR) is 110 cm³/mol. The van der Waals surface area contributed by atoms with Gasteiger partial charge in [0.2, 0.25) is 5.88 Å². The molecule has 0 radical (unpaired) electrons. The van der Waals surface area contributed by atoms with Crippen LogP contribution in [0.4, 0.5) is 0 Å². The third-order valence-electron chi connectivity index (χ3n) is 4.79. The molecule has 3 aromatic heterocycles. The zero-order valence-corrected chi connectivity index (χ0v) is 15.7. The molecular formula is C20H23N7O. The maximum Gasteiger partial charge on any atom is 0.219 e. The van der Waals surface area contributed by atoms with Gasteiger partial charge in [0.15, 0.2) is 11.6 Å². The number of aromatic nitrogens is 4. The van der Waals surface area contributed by atoms with Crippen molar-refractivity contribution in [3.63, 3.8) is 0 Å². The number of aromatic hydroxyl groups is 1. The van der Waals surface area contributed by atoms with Crippen LogP contribution in [-0.2, 0) is 12.8 Å². The summed E-state index contributed by atoms with van der Waals surface area (Å²) < 4.78 is 1.72. The molecule has 0 aliphatic heterocycles. The molecule has 8 nitrogen and oxygen atoms in total. The number of hydrogen-bond acceptors (Lipinski definition) is 4. The lowest BCUT2D eigenvalue weighted by atomic mass is 10.1. The summed E-state index contributed by atoms with van der Waals surface area (Å²) in [6, 6.07) is 8.07. The van der Waals surface area contributed by atoms with Gasteiger partial charge < -0.3 is 21.6 Å². The summed E-state index contributed by atoms with van der Waals surface area (Å²) in [6.45, 7) is 2.48. The number of nitrogens with zero attached hydrogens (tertiary/aromatic N) is 4. The van der Waals surface area contributed by atoms with Gasteiger partial charge in [0.05, 0.1) is 11.4 Å². The first-order valence-corrected chi connectivity index (χ1v) is 9.30. The van der Waals surface area contributed by atoms with Crippen molar-refractivity contribution >= 4 is 22.5 Å². The fourth-order valence-corrected chi connectivity index (χ4v) is 3.42. The van der Waals surface area contributed by atoms with Gasteiger partial charge in [-0.1, -0.05) is 25.1 Å². The summed E-state index contributed by atoms with van der Waals surface area (Å²) >= 11 is 0. The number of nitrogens with one attached hydrogen (secondary N) is 1. The Morgan fingerprint density at radius 3 is 2.82 bits per heavy atom. The number of hydrogen-bond donors (Lipinski definition) is 4. The van der Waals surface area contributed by atoms with E-state index in [4.69, 9.17) is 16.5 Å². The average molecular weight is 377 g/mol. The van der Waals surface area contributed by atoms with Crippen LogP contribution in [-0.4, -0.2) is 37.0 Å². The highest BCUT2D eigenvalue weighted by molar-refractivity contribution is 5.94. The van der Waals surface area contributed by atoms with Crippen LogP contribution in [0, 0.1) is 0 Å². The highest BCUT2D eigenvalue weighted by atomic mass is 16.3. The number of benzene rings is 1. The van der Waals surface area contributed by atoms with Crippen LogP contribution >= 0.6 is 0 Å². The number of imidazole rings is 1. The second kappa shape index (κ2) is 7.22. The highest BCUT2D eigenvalue weighted by Crippen LogP contribution is 2.30. The van der Waals surface area contributed by atoms with Crippen molar-refractivity contribution in [2.45, 2.75) is 26.2 Å². The molecule has 0 atom stereocenters. The zero-order chi connectivity index (χ0) is 19.7. The third-order valence-corrected chi connectivity index (χ3v) is 4.79. The predicted octanol–water partition coefficient (Wildman–Crippen LogP) is 2.35. The third kappa shape index (κ3) is 3.13. The normalized spacial score (nSPS) is 11.3. The largest absolute Gasteiger partial charge is 0.493 e. The molecule has 0 saturated heterocycles. The van der Waals surface area contributed by atoms with E-state index in [2.05, 4.69) is 21.0 Å². The van der Waals surface area contributed by atoms with Crippen molar-refractivity contribution < 1.29 is 5.11 Å². The molecule has 0 unspecified atom stereocenters. The van der Waals surface area contributed by atoms with Crippen molar-refractivity contribution in [3.05, 3.63) is 48.0 Å². The Bertz CT molecular complexity index is 1170. The molecule has 28 heavy (non-hydrogen) atoms. The summed E-state index contributed by atoms with van der Waals surface area (Å²) in [5.74, 6) is 0.240. The van der Waals surface area contributed by atoms with E-state index < -0.39 is 0 Å². The number of rotatable bonds is 6. The van der Waals surface area contributed by atoms with Crippen LogP contribution in [0.15, 0.2) is 41.7 Å². The molecule has 6 N–H and O–H groups in total. The molecule has 0 fully saturated rings. The van der Waals surface area contributed by atoms with Crippen LogP contribution in [0.2, 0.25) is 0 Å². The highest BCUT2D eigenvalue weighted by Gasteiger charge is 2.17. The molecule has 0 aliphatic rings. The Balaban J connectivity index is 1.83. The van der Waals surface area contributed by atoms with E-state index in [1.54, 1.807) is 4.40 Å². The van der Waals surface area contributed by atoms with Crippen molar-refractivity contribution in [2.75, 3.05) is 6.54 Å².